The number of sulfonamides is 2. The number of hydrogen-bond donors (Lipinski definition) is 6. The Balaban J connectivity index is 0.698. The molecule has 6 heterocycles. The number of alkyl carbamates (subject to hydrolysis) is 2. The van der Waals surface area contributed by atoms with Crippen LogP contribution in [-0.2, 0) is 71.1 Å². The van der Waals surface area contributed by atoms with Crippen molar-refractivity contribution in [3.63, 3.8) is 0 Å². The average Bonchev–Trinajstić information content (AvgIpc) is 1.32. The lowest BCUT2D eigenvalue weighted by Crippen LogP contribution is -2.70. The molecule has 2 saturated heterocycles. The van der Waals surface area contributed by atoms with E-state index in [4.69, 9.17) is 33.7 Å². The molecule has 618 valence electrons. The normalized spacial score (nSPS) is 32.2. The number of ether oxygens (including phenoxy) is 5. The van der Waals surface area contributed by atoms with Crippen LogP contribution < -0.4 is 44.9 Å². The number of aromatic nitrogens is 2. The van der Waals surface area contributed by atoms with Gasteiger partial charge in [-0.15, -0.1) is 13.2 Å². The largest absolute Gasteiger partial charge is 0.497 e. The quantitative estimate of drug-likeness (QED) is 0.0568. The summed E-state index contributed by atoms with van der Waals surface area (Å²) in [4.78, 5) is 133. The number of nitrogens with one attached hydrogen (secondary N) is 6. The van der Waals surface area contributed by atoms with E-state index < -0.39 is 155 Å². The molecule has 10 aliphatic rings. The lowest BCUT2D eigenvalue weighted by Gasteiger charge is -2.47. The lowest BCUT2D eigenvalue weighted by molar-refractivity contribution is -0.145. The summed E-state index contributed by atoms with van der Waals surface area (Å²) >= 11 is 0. The summed E-state index contributed by atoms with van der Waals surface area (Å²) < 4.78 is 93.4. The van der Waals surface area contributed by atoms with Crippen LogP contribution in [-0.4, -0.2) is 175 Å². The van der Waals surface area contributed by atoms with Crippen molar-refractivity contribution in [1.82, 2.24) is 50.5 Å². The predicted octanol–water partition coefficient (Wildman–Crippen LogP) is 10.4. The molecule has 4 aliphatic heterocycles. The summed E-state index contributed by atoms with van der Waals surface area (Å²) in [7, 11) is -7.02. The third-order valence-corrected chi connectivity index (χ3v) is 30.7. The van der Waals surface area contributed by atoms with Gasteiger partial charge in [0, 0.05) is 35.4 Å². The highest BCUT2D eigenvalue weighted by molar-refractivity contribution is 7.91. The number of pyridine rings is 2. The first-order valence-corrected chi connectivity index (χ1v) is 44.9. The number of aryl methyl sites for hydroxylation is 2. The van der Waals surface area contributed by atoms with Gasteiger partial charge in [0.1, 0.15) is 76.9 Å². The molecule has 6 saturated carbocycles. The summed E-state index contributed by atoms with van der Waals surface area (Å²) in [5, 5.41) is 11.5. The van der Waals surface area contributed by atoms with Crippen LogP contribution in [0.1, 0.15) is 207 Å². The fourth-order valence-corrected chi connectivity index (χ4v) is 22.7. The molecule has 4 bridgehead atoms. The summed E-state index contributed by atoms with van der Waals surface area (Å²) in [6.07, 6.45) is 13.7. The van der Waals surface area contributed by atoms with E-state index in [1.54, 1.807) is 14.0 Å². The van der Waals surface area contributed by atoms with Gasteiger partial charge in [0.2, 0.25) is 43.7 Å². The Kier molecular flexibility index (Phi) is 24.1. The molecule has 4 aromatic rings. The van der Waals surface area contributed by atoms with Crippen molar-refractivity contribution in [1.29, 1.82) is 0 Å². The zero-order valence-corrected chi connectivity index (χ0v) is 68.3. The van der Waals surface area contributed by atoms with Gasteiger partial charge in [-0.05, 0) is 200 Å². The number of amides is 8. The van der Waals surface area contributed by atoms with E-state index >= 15 is 24.0 Å². The number of methoxy groups -OCH3 is 1. The van der Waals surface area contributed by atoms with Gasteiger partial charge in [-0.3, -0.25) is 38.2 Å². The van der Waals surface area contributed by atoms with E-state index in [-0.39, 0.29) is 81.4 Å². The first-order valence-electron chi connectivity index (χ1n) is 41.8. The smallest absolute Gasteiger partial charge is 0.408 e. The number of fused-ring (bicyclic) bond motifs is 10. The molecule has 8 fully saturated rings. The van der Waals surface area contributed by atoms with E-state index in [9.17, 15) is 31.2 Å². The second-order valence-electron chi connectivity index (χ2n) is 35.3. The first-order chi connectivity index (χ1) is 54.5. The summed E-state index contributed by atoms with van der Waals surface area (Å²) in [5.41, 5.74) is -1.49. The molecule has 18 unspecified atom stereocenters. The molecule has 27 nitrogen and oxygen atoms in total. The number of benzene rings is 2. The van der Waals surface area contributed by atoms with Crippen LogP contribution in [0.15, 0.2) is 79.9 Å². The monoisotopic (exact) mass is 1610 g/mol. The van der Waals surface area contributed by atoms with Gasteiger partial charge in [0.05, 0.1) is 53.1 Å². The van der Waals surface area contributed by atoms with Crippen LogP contribution >= 0.6 is 0 Å². The van der Waals surface area contributed by atoms with E-state index in [1.807, 2.05) is 75.4 Å². The maximum absolute atomic E-state index is 15.7. The highest BCUT2D eigenvalue weighted by Gasteiger charge is 2.61. The Morgan fingerprint density at radius 2 is 1.15 bits per heavy atom. The van der Waals surface area contributed by atoms with Crippen LogP contribution in [0, 0.1) is 46.8 Å². The molecule has 8 amide bonds. The molecule has 114 heavy (non-hydrogen) atoms. The highest BCUT2D eigenvalue weighted by Crippen LogP contribution is 2.53. The Hall–Kier alpha value is -8.60. The molecule has 2 aromatic carbocycles. The number of rotatable bonds is 16. The van der Waals surface area contributed by atoms with E-state index in [1.165, 1.54) is 28.9 Å². The van der Waals surface area contributed by atoms with Gasteiger partial charge < -0.3 is 54.8 Å². The van der Waals surface area contributed by atoms with Crippen LogP contribution in [0.4, 0.5) is 9.59 Å². The number of hydrogen-bond acceptors (Lipinski definition) is 19. The number of nitrogens with zero attached hydrogens (tertiary/aromatic N) is 4. The van der Waals surface area contributed by atoms with Crippen molar-refractivity contribution in [2.45, 2.75) is 278 Å². The maximum Gasteiger partial charge on any atom is 0.408 e. The fourth-order valence-electron chi connectivity index (χ4n) is 19.8. The van der Waals surface area contributed by atoms with Gasteiger partial charge >= 0.3 is 12.2 Å². The van der Waals surface area contributed by atoms with Gasteiger partial charge in [0.25, 0.3) is 11.8 Å². The van der Waals surface area contributed by atoms with Gasteiger partial charge in [0.15, 0.2) is 0 Å². The topological polar surface area (TPSA) is 355 Å². The van der Waals surface area contributed by atoms with E-state index in [2.05, 4.69) is 43.9 Å². The predicted molar refractivity (Wildman–Crippen MR) is 426 cm³/mol. The standard InChI is InChI=1S/C85H114N10O17S2/c1-9-49(4)113(104,105)92-79(100)84(37-35-56(84)10-2)90-75(96)66-44-59-47-94(66)77(98)73(51-24-18-19-25-51)88-81(102)112-69-42-54(39-53(69)27-15-13-17-30-64-70(109-59)41-52-26-20-21-29-62(52)86-64)61-46-72(61)114(106,107)93-80(101)85(38-36-57(85)11-3)91-76(97)67-45-60-48-95(67)78(99)74(83(5,6)7)89-82(103)111-68-32-22-28-50(68)23-14-12-16-31-65-71(110-60)43-55-40-58(108-8)33-34-63(55)87-65/h10-11,20-21,26,29,33-34,40-41,43,49-51,53-54,56-57,59-61,66-69,72-74H,2-3,9,12-19,22-25,27-28,30-32,35-39,42,44-48H2,1,4-8H3,(H,88,102)(H,89,103)(H,90,96)(H,91,97)(H,92,100)(H,93,101). The molecular weight excluding hydrogens is 1500 g/mol. The summed E-state index contributed by atoms with van der Waals surface area (Å²) in [6, 6.07) is 12.3. The Labute approximate surface area is 669 Å². The number of carbonyl (C=O) groups excluding carboxylic acids is 8. The molecule has 18 atom stereocenters. The Bertz CT molecular complexity index is 4610. The molecule has 14 rings (SSSR count). The van der Waals surface area contributed by atoms with Crippen LogP contribution in [0.3, 0.4) is 0 Å². The van der Waals surface area contributed by atoms with Crippen molar-refractivity contribution < 1.29 is 78.9 Å². The molecule has 0 spiro atoms. The third kappa shape index (κ3) is 17.0. The average molecular weight is 1610 g/mol. The van der Waals surface area contributed by atoms with Crippen LogP contribution in [0.5, 0.6) is 17.2 Å². The number of para-hydroxylation sites is 1. The van der Waals surface area contributed by atoms with Gasteiger partial charge in [-0.1, -0.05) is 96.6 Å². The van der Waals surface area contributed by atoms with Gasteiger partial charge in [-0.2, -0.15) is 0 Å². The van der Waals surface area contributed by atoms with Crippen molar-refractivity contribution in [2.75, 3.05) is 20.2 Å². The van der Waals surface area contributed by atoms with Crippen molar-refractivity contribution in [3.05, 3.63) is 91.3 Å². The summed E-state index contributed by atoms with van der Waals surface area (Å²) in [6.45, 7) is 16.4. The van der Waals surface area contributed by atoms with E-state index in [0.717, 1.165) is 91.7 Å². The Morgan fingerprint density at radius 3 is 1.74 bits per heavy atom. The second kappa shape index (κ2) is 33.5. The molecule has 6 N–H and O–H groups in total. The lowest BCUT2D eigenvalue weighted by atomic mass is 9.66. The third-order valence-electron chi connectivity index (χ3n) is 27.0. The van der Waals surface area contributed by atoms with Crippen molar-refractivity contribution in [2.24, 2.45) is 46.8 Å². The van der Waals surface area contributed by atoms with Crippen molar-refractivity contribution >= 4 is 89.5 Å². The minimum absolute atomic E-state index is 0.0177. The molecule has 0 radical (unpaired) electrons. The fraction of sp³-hybridized carbons (Fsp3) is 0.647. The van der Waals surface area contributed by atoms with Crippen LogP contribution in [0.25, 0.3) is 21.8 Å². The number of carbonyl (C=O) groups is 8. The van der Waals surface area contributed by atoms with Crippen LogP contribution in [0.2, 0.25) is 0 Å². The Morgan fingerprint density at radius 1 is 0.605 bits per heavy atom. The molecule has 29 heteroatoms. The van der Waals surface area contributed by atoms with Crippen molar-refractivity contribution in [3.8, 4) is 17.2 Å². The first kappa shape index (κ1) is 81.9. The highest BCUT2D eigenvalue weighted by atomic mass is 32.2. The van der Waals surface area contributed by atoms with Gasteiger partial charge in [-0.25, -0.2) is 36.4 Å². The van der Waals surface area contributed by atoms with E-state index in [0.29, 0.717) is 93.6 Å². The SMILES string of the molecule is C=CC1CCC1(NC(=O)C1CC2CN1C(=O)C(C1CCCC1)NC(=O)OC1CC(C3CC3S(=O)(=O)NC(=O)C3(NC(=O)C4CC5CN4C(=O)C(C(C)(C)C)NC(=O)OC4CCCC4CCCCCc4nc6ccc(OC)cc6cc4O5)CCC3C=C)CC1CCCCCc1nc3ccccc3cc1O2)C(=O)NS(=O)(=O)C(C)CC. The maximum atomic E-state index is 15.7. The minimum atomic E-state index is -4.46. The zero-order chi connectivity index (χ0) is 80.8. The zero-order valence-electron chi connectivity index (χ0n) is 66.6. The molecule has 2 aromatic heterocycles. The molecule has 6 aliphatic carbocycles. The second-order valence-corrected chi connectivity index (χ2v) is 39.3. The minimum Gasteiger partial charge on any atom is -0.497 e. The summed E-state index contributed by atoms with van der Waals surface area (Å²) in [5.74, 6) is -5.28. The molecular formula is C85H114N10O17S2.